The number of amides is 2. The van der Waals surface area contributed by atoms with E-state index in [0.717, 1.165) is 16.8 Å². The second-order valence-corrected chi connectivity index (χ2v) is 9.16. The molecular weight excluding hydrogens is 465 g/mol. The maximum Gasteiger partial charge on any atom is 0.255 e. The van der Waals surface area contributed by atoms with E-state index in [1.54, 1.807) is 9.80 Å². The summed E-state index contributed by atoms with van der Waals surface area (Å²) < 4.78 is 19.0. The molecule has 1 aromatic heterocycles. The van der Waals surface area contributed by atoms with Gasteiger partial charge in [0.2, 0.25) is 5.91 Å². The highest BCUT2D eigenvalue weighted by atomic mass is 35.5. The van der Waals surface area contributed by atoms with Crippen molar-refractivity contribution in [3.63, 3.8) is 0 Å². The fourth-order valence-corrected chi connectivity index (χ4v) is 4.49. The summed E-state index contributed by atoms with van der Waals surface area (Å²) in [5.74, 6) is 0.00433. The van der Waals surface area contributed by atoms with E-state index in [-0.39, 0.29) is 28.8 Å². The zero-order valence-corrected chi connectivity index (χ0v) is 19.7. The Hall–Kier alpha value is -2.97. The van der Waals surface area contributed by atoms with Crippen molar-refractivity contribution in [3.05, 3.63) is 80.5 Å². The minimum atomic E-state index is -0.487. The molecule has 2 amide bonds. The Balaban J connectivity index is 1.26. The van der Waals surface area contributed by atoms with Crippen LogP contribution >= 0.6 is 22.9 Å². The third-order valence-corrected chi connectivity index (χ3v) is 6.58. The van der Waals surface area contributed by atoms with E-state index in [9.17, 15) is 14.0 Å². The lowest BCUT2D eigenvalue weighted by Crippen LogP contribution is -2.51. The quantitative estimate of drug-likeness (QED) is 0.518. The van der Waals surface area contributed by atoms with Crippen LogP contribution in [0.3, 0.4) is 0 Å². The van der Waals surface area contributed by atoms with Crippen molar-refractivity contribution in [3.8, 4) is 5.75 Å². The summed E-state index contributed by atoms with van der Waals surface area (Å²) in [4.78, 5) is 33.3. The molecule has 33 heavy (non-hydrogen) atoms. The smallest absolute Gasteiger partial charge is 0.255 e. The predicted octanol–water partition coefficient (Wildman–Crippen LogP) is 4.35. The monoisotopic (exact) mass is 487 g/mol. The molecule has 172 valence electrons. The standard InChI is InChI=1S/C24H23ClFN3O3S/c1-16-2-5-19(6-3-16)32-14-22-27-18(15-33-22)13-23(30)28-8-10-29(11-9-28)24(31)20-7-4-17(26)12-21(20)25/h2-7,12,15H,8-11,13-14H2,1H3. The molecule has 1 saturated heterocycles. The number of halogens is 2. The Morgan fingerprint density at radius 1 is 1.09 bits per heavy atom. The Morgan fingerprint density at radius 2 is 1.79 bits per heavy atom. The number of ether oxygens (including phenoxy) is 1. The van der Waals surface area contributed by atoms with Gasteiger partial charge in [-0.3, -0.25) is 9.59 Å². The Kier molecular flexibility index (Phi) is 7.25. The van der Waals surface area contributed by atoms with E-state index in [2.05, 4.69) is 4.98 Å². The van der Waals surface area contributed by atoms with Gasteiger partial charge in [-0.25, -0.2) is 9.37 Å². The predicted molar refractivity (Wildman–Crippen MR) is 125 cm³/mol. The zero-order chi connectivity index (χ0) is 23.4. The van der Waals surface area contributed by atoms with Crippen molar-refractivity contribution in [2.24, 2.45) is 0 Å². The molecule has 1 aliphatic heterocycles. The van der Waals surface area contributed by atoms with E-state index >= 15 is 0 Å². The lowest BCUT2D eigenvalue weighted by Gasteiger charge is -2.35. The first-order chi connectivity index (χ1) is 15.9. The average Bonchev–Trinajstić information content (AvgIpc) is 3.25. The molecule has 4 rings (SSSR count). The van der Waals surface area contributed by atoms with Crippen LogP contribution in [-0.4, -0.2) is 52.8 Å². The third-order valence-electron chi connectivity index (χ3n) is 5.40. The molecule has 0 saturated carbocycles. The molecule has 1 fully saturated rings. The number of hydrogen-bond acceptors (Lipinski definition) is 5. The summed E-state index contributed by atoms with van der Waals surface area (Å²) in [6.07, 6.45) is 0.207. The maximum atomic E-state index is 13.2. The fraction of sp³-hybridized carbons (Fsp3) is 0.292. The van der Waals surface area contributed by atoms with Gasteiger partial charge in [-0.05, 0) is 37.3 Å². The average molecular weight is 488 g/mol. The van der Waals surface area contributed by atoms with Crippen LogP contribution in [0.1, 0.15) is 26.6 Å². The Bertz CT molecular complexity index is 1140. The Morgan fingerprint density at radius 3 is 2.48 bits per heavy atom. The lowest BCUT2D eigenvalue weighted by molar-refractivity contribution is -0.132. The zero-order valence-electron chi connectivity index (χ0n) is 18.1. The van der Waals surface area contributed by atoms with Crippen LogP contribution in [0, 0.1) is 12.7 Å². The highest BCUT2D eigenvalue weighted by Gasteiger charge is 2.26. The number of aromatic nitrogens is 1. The lowest BCUT2D eigenvalue weighted by atomic mass is 10.1. The first-order valence-electron chi connectivity index (χ1n) is 10.5. The summed E-state index contributed by atoms with van der Waals surface area (Å²) in [6, 6.07) is 11.5. The first-order valence-corrected chi connectivity index (χ1v) is 11.8. The number of carbonyl (C=O) groups is 2. The number of benzene rings is 2. The molecule has 0 radical (unpaired) electrons. The number of thiazole rings is 1. The van der Waals surface area contributed by atoms with Crippen LogP contribution in [0.5, 0.6) is 5.75 Å². The first kappa shape index (κ1) is 23.2. The molecule has 1 aliphatic rings. The van der Waals surface area contributed by atoms with Gasteiger partial charge in [-0.15, -0.1) is 11.3 Å². The second-order valence-electron chi connectivity index (χ2n) is 7.81. The minimum Gasteiger partial charge on any atom is -0.486 e. The summed E-state index contributed by atoms with van der Waals surface area (Å²) in [6.45, 7) is 4.02. The van der Waals surface area contributed by atoms with Gasteiger partial charge in [0.05, 0.1) is 22.7 Å². The van der Waals surface area contributed by atoms with E-state index in [0.29, 0.717) is 38.5 Å². The van der Waals surface area contributed by atoms with Crippen LogP contribution in [0.4, 0.5) is 4.39 Å². The number of aryl methyl sites for hydroxylation is 1. The molecule has 9 heteroatoms. The highest BCUT2D eigenvalue weighted by Crippen LogP contribution is 2.21. The molecule has 2 heterocycles. The van der Waals surface area contributed by atoms with Crippen LogP contribution in [0.25, 0.3) is 0 Å². The van der Waals surface area contributed by atoms with Crippen LogP contribution in [-0.2, 0) is 17.8 Å². The third kappa shape index (κ3) is 5.89. The molecule has 2 aromatic carbocycles. The van der Waals surface area contributed by atoms with Crippen LogP contribution in [0.2, 0.25) is 5.02 Å². The molecule has 0 atom stereocenters. The van der Waals surface area contributed by atoms with E-state index in [1.807, 2.05) is 36.6 Å². The molecule has 6 nitrogen and oxygen atoms in total. The van der Waals surface area contributed by atoms with Crippen LogP contribution in [0.15, 0.2) is 47.8 Å². The molecule has 0 aliphatic carbocycles. The van der Waals surface area contributed by atoms with Gasteiger partial charge in [-0.2, -0.15) is 0 Å². The summed E-state index contributed by atoms with van der Waals surface area (Å²) in [5.41, 5.74) is 2.15. The largest absolute Gasteiger partial charge is 0.486 e. The van der Waals surface area contributed by atoms with Crippen molar-refractivity contribution in [2.75, 3.05) is 26.2 Å². The van der Waals surface area contributed by atoms with Gasteiger partial charge >= 0.3 is 0 Å². The second kappa shape index (κ2) is 10.3. The number of carbonyl (C=O) groups excluding carboxylic acids is 2. The van der Waals surface area contributed by atoms with Gasteiger partial charge < -0.3 is 14.5 Å². The molecule has 0 spiro atoms. The van der Waals surface area contributed by atoms with Gasteiger partial charge in [0.1, 0.15) is 23.2 Å². The number of piperazine rings is 1. The normalized spacial score (nSPS) is 13.8. The van der Waals surface area contributed by atoms with Crippen molar-refractivity contribution in [1.29, 1.82) is 0 Å². The Labute approximate surface area is 200 Å². The number of rotatable bonds is 6. The van der Waals surface area contributed by atoms with E-state index in [1.165, 1.54) is 29.0 Å². The fourth-order valence-electron chi connectivity index (χ4n) is 3.53. The SMILES string of the molecule is Cc1ccc(OCc2nc(CC(=O)N3CCN(C(=O)c4ccc(F)cc4Cl)CC3)cs2)cc1. The van der Waals surface area contributed by atoms with Crippen molar-refractivity contribution in [2.45, 2.75) is 20.0 Å². The number of hydrogen-bond donors (Lipinski definition) is 0. The van der Waals surface area contributed by atoms with Crippen molar-refractivity contribution < 1.29 is 18.7 Å². The molecule has 0 N–H and O–H groups in total. The van der Waals surface area contributed by atoms with Crippen molar-refractivity contribution >= 4 is 34.8 Å². The summed E-state index contributed by atoms with van der Waals surface area (Å²) in [7, 11) is 0. The summed E-state index contributed by atoms with van der Waals surface area (Å²) >= 11 is 7.48. The van der Waals surface area contributed by atoms with Gasteiger partial charge in [0.25, 0.3) is 5.91 Å². The van der Waals surface area contributed by atoms with Crippen molar-refractivity contribution in [1.82, 2.24) is 14.8 Å². The molecular formula is C24H23ClFN3O3S. The van der Waals surface area contributed by atoms with E-state index in [4.69, 9.17) is 16.3 Å². The minimum absolute atomic E-state index is 0.0294. The summed E-state index contributed by atoms with van der Waals surface area (Å²) in [5, 5.41) is 2.77. The van der Waals surface area contributed by atoms with Gasteiger partial charge in [0.15, 0.2) is 0 Å². The van der Waals surface area contributed by atoms with Gasteiger partial charge in [0, 0.05) is 31.6 Å². The highest BCUT2D eigenvalue weighted by molar-refractivity contribution is 7.09. The number of nitrogens with zero attached hydrogens (tertiary/aromatic N) is 3. The van der Waals surface area contributed by atoms with Crippen LogP contribution < -0.4 is 4.74 Å². The maximum absolute atomic E-state index is 13.2. The van der Waals surface area contributed by atoms with E-state index < -0.39 is 5.82 Å². The molecule has 3 aromatic rings. The topological polar surface area (TPSA) is 62.7 Å². The molecule has 0 unspecified atom stereocenters. The van der Waals surface area contributed by atoms with Gasteiger partial charge in [-0.1, -0.05) is 29.3 Å². The molecule has 0 bridgehead atoms.